The molecule has 3 heteroatoms. The van der Waals surface area contributed by atoms with Crippen LogP contribution >= 0.6 is 0 Å². The van der Waals surface area contributed by atoms with E-state index in [1.165, 1.54) is 30.4 Å². The molecule has 0 atom stereocenters. The predicted octanol–water partition coefficient (Wildman–Crippen LogP) is 4.38. The number of rotatable bonds is 3. The summed E-state index contributed by atoms with van der Waals surface area (Å²) < 4.78 is 5.64. The number of amides is 1. The smallest absolute Gasteiger partial charge is 0.227 e. The molecule has 0 spiro atoms. The third-order valence-electron chi connectivity index (χ3n) is 5.13. The highest BCUT2D eigenvalue weighted by molar-refractivity contribution is 5.88. The maximum atomic E-state index is 12.6. The monoisotopic (exact) mass is 299 g/mol. The van der Waals surface area contributed by atoms with Gasteiger partial charge < -0.3 is 9.32 Å². The van der Waals surface area contributed by atoms with Crippen molar-refractivity contribution in [1.29, 1.82) is 0 Å². The zero-order valence-electron chi connectivity index (χ0n) is 13.8. The number of aryl methyl sites for hydroxylation is 2. The Morgan fingerprint density at radius 3 is 2.59 bits per heavy atom. The van der Waals surface area contributed by atoms with Crippen LogP contribution in [0.4, 0.5) is 0 Å². The average molecular weight is 299 g/mol. The van der Waals surface area contributed by atoms with E-state index in [2.05, 4.69) is 26.0 Å². The standard InChI is InChI=1S/C19H25NO2/c1-13-9-17-15(12-22-18(17)10-14(13)2)11-19(21)20(3)16-7-5-4-6-8-16/h9-10,12,16H,4-8,11H2,1-3H3. The van der Waals surface area contributed by atoms with Crippen molar-refractivity contribution in [2.75, 3.05) is 7.05 Å². The first-order valence-corrected chi connectivity index (χ1v) is 8.29. The first kappa shape index (κ1) is 15.1. The van der Waals surface area contributed by atoms with Crippen molar-refractivity contribution >= 4 is 16.9 Å². The molecule has 0 N–H and O–H groups in total. The molecule has 1 aromatic carbocycles. The predicted molar refractivity (Wildman–Crippen MR) is 89.0 cm³/mol. The van der Waals surface area contributed by atoms with E-state index in [4.69, 9.17) is 4.42 Å². The van der Waals surface area contributed by atoms with Crippen LogP contribution in [0.2, 0.25) is 0 Å². The topological polar surface area (TPSA) is 33.5 Å². The van der Waals surface area contributed by atoms with Crippen molar-refractivity contribution in [3.05, 3.63) is 35.1 Å². The van der Waals surface area contributed by atoms with E-state index in [0.717, 1.165) is 29.4 Å². The summed E-state index contributed by atoms with van der Waals surface area (Å²) in [6, 6.07) is 4.62. The third kappa shape index (κ3) is 2.90. The molecule has 1 fully saturated rings. The van der Waals surface area contributed by atoms with Gasteiger partial charge in [0, 0.05) is 24.0 Å². The summed E-state index contributed by atoms with van der Waals surface area (Å²) in [5, 5.41) is 1.08. The fourth-order valence-electron chi connectivity index (χ4n) is 3.43. The lowest BCUT2D eigenvalue weighted by atomic mass is 9.94. The summed E-state index contributed by atoms with van der Waals surface area (Å²) in [6.07, 6.45) is 8.27. The van der Waals surface area contributed by atoms with Crippen LogP contribution in [0, 0.1) is 13.8 Å². The molecule has 2 aromatic rings. The molecule has 22 heavy (non-hydrogen) atoms. The van der Waals surface area contributed by atoms with E-state index in [0.29, 0.717) is 12.5 Å². The molecule has 1 saturated carbocycles. The molecule has 118 valence electrons. The molecule has 0 aliphatic heterocycles. The lowest BCUT2D eigenvalue weighted by Gasteiger charge is -2.31. The molecule has 1 heterocycles. The summed E-state index contributed by atoms with van der Waals surface area (Å²) >= 11 is 0. The van der Waals surface area contributed by atoms with E-state index in [-0.39, 0.29) is 5.91 Å². The summed E-state index contributed by atoms with van der Waals surface area (Å²) in [6.45, 7) is 4.18. The van der Waals surface area contributed by atoms with Crippen LogP contribution in [0.1, 0.15) is 48.8 Å². The summed E-state index contributed by atoms with van der Waals surface area (Å²) in [5.74, 6) is 0.202. The third-order valence-corrected chi connectivity index (χ3v) is 5.13. The van der Waals surface area contributed by atoms with Gasteiger partial charge in [-0.05, 0) is 49.9 Å². The Kier molecular flexibility index (Phi) is 4.23. The van der Waals surface area contributed by atoms with Crippen molar-refractivity contribution in [2.45, 2.75) is 58.4 Å². The minimum absolute atomic E-state index is 0.202. The van der Waals surface area contributed by atoms with Crippen molar-refractivity contribution in [3.8, 4) is 0 Å². The fourth-order valence-corrected chi connectivity index (χ4v) is 3.43. The highest BCUT2D eigenvalue weighted by Crippen LogP contribution is 2.27. The van der Waals surface area contributed by atoms with Gasteiger partial charge in [0.25, 0.3) is 0 Å². The summed E-state index contributed by atoms with van der Waals surface area (Å²) in [4.78, 5) is 14.5. The molecule has 3 nitrogen and oxygen atoms in total. The van der Waals surface area contributed by atoms with Crippen molar-refractivity contribution < 1.29 is 9.21 Å². The molecule has 3 rings (SSSR count). The van der Waals surface area contributed by atoms with Crippen LogP contribution in [0.25, 0.3) is 11.0 Å². The van der Waals surface area contributed by atoms with Gasteiger partial charge in [-0.25, -0.2) is 0 Å². The number of hydrogen-bond acceptors (Lipinski definition) is 2. The van der Waals surface area contributed by atoms with Crippen LogP contribution in [0.15, 0.2) is 22.8 Å². The van der Waals surface area contributed by atoms with Gasteiger partial charge in [0.1, 0.15) is 5.58 Å². The second-order valence-electron chi connectivity index (χ2n) is 6.67. The van der Waals surface area contributed by atoms with Gasteiger partial charge in [-0.1, -0.05) is 19.3 Å². The zero-order valence-corrected chi connectivity index (χ0v) is 13.8. The maximum Gasteiger partial charge on any atom is 0.227 e. The van der Waals surface area contributed by atoms with Crippen molar-refractivity contribution in [2.24, 2.45) is 0 Å². The Balaban J connectivity index is 1.77. The molecule has 1 aromatic heterocycles. The van der Waals surface area contributed by atoms with Gasteiger partial charge >= 0.3 is 0 Å². The van der Waals surface area contributed by atoms with Gasteiger partial charge in [-0.15, -0.1) is 0 Å². The van der Waals surface area contributed by atoms with Crippen LogP contribution in [-0.4, -0.2) is 23.9 Å². The first-order valence-electron chi connectivity index (χ1n) is 8.29. The van der Waals surface area contributed by atoms with Crippen LogP contribution in [0.3, 0.4) is 0 Å². The minimum atomic E-state index is 0.202. The molecule has 1 aliphatic carbocycles. The summed E-state index contributed by atoms with van der Waals surface area (Å²) in [5.41, 5.74) is 4.35. The number of hydrogen-bond donors (Lipinski definition) is 0. The molecule has 0 unspecified atom stereocenters. The van der Waals surface area contributed by atoms with Crippen LogP contribution < -0.4 is 0 Å². The Hall–Kier alpha value is -1.77. The highest BCUT2D eigenvalue weighted by Gasteiger charge is 2.23. The normalized spacial score (nSPS) is 16.1. The van der Waals surface area contributed by atoms with Crippen LogP contribution in [0.5, 0.6) is 0 Å². The lowest BCUT2D eigenvalue weighted by Crippen LogP contribution is -2.39. The molecule has 1 amide bonds. The minimum Gasteiger partial charge on any atom is -0.464 e. The lowest BCUT2D eigenvalue weighted by molar-refractivity contribution is -0.131. The SMILES string of the molecule is Cc1cc2occ(CC(=O)N(C)C3CCCCC3)c2cc1C. The Bertz CT molecular complexity index is 680. The molecular weight excluding hydrogens is 274 g/mol. The summed E-state index contributed by atoms with van der Waals surface area (Å²) in [7, 11) is 1.95. The van der Waals surface area contributed by atoms with Gasteiger partial charge in [-0.2, -0.15) is 0 Å². The molecule has 1 aliphatic rings. The second kappa shape index (κ2) is 6.15. The second-order valence-corrected chi connectivity index (χ2v) is 6.67. The van der Waals surface area contributed by atoms with E-state index in [9.17, 15) is 4.79 Å². The Labute approximate surface area is 132 Å². The van der Waals surface area contributed by atoms with E-state index in [1.54, 1.807) is 6.26 Å². The first-order chi connectivity index (χ1) is 10.6. The van der Waals surface area contributed by atoms with Gasteiger partial charge in [-0.3, -0.25) is 4.79 Å². The number of carbonyl (C=O) groups excluding carboxylic acids is 1. The van der Waals surface area contributed by atoms with E-state index >= 15 is 0 Å². The van der Waals surface area contributed by atoms with E-state index < -0.39 is 0 Å². The van der Waals surface area contributed by atoms with E-state index in [1.807, 2.05) is 11.9 Å². The number of fused-ring (bicyclic) bond motifs is 1. The molecule has 0 bridgehead atoms. The zero-order chi connectivity index (χ0) is 15.7. The number of nitrogens with zero attached hydrogens (tertiary/aromatic N) is 1. The number of benzene rings is 1. The molecular formula is C19H25NO2. The number of carbonyl (C=O) groups is 1. The van der Waals surface area contributed by atoms with Gasteiger partial charge in [0.05, 0.1) is 12.7 Å². The maximum absolute atomic E-state index is 12.6. The number of likely N-dealkylation sites (N-methyl/N-ethyl adjacent to an activating group) is 1. The fraction of sp³-hybridized carbons (Fsp3) is 0.526. The average Bonchev–Trinajstić information content (AvgIpc) is 2.90. The van der Waals surface area contributed by atoms with Gasteiger partial charge in [0.15, 0.2) is 0 Å². The largest absolute Gasteiger partial charge is 0.464 e. The highest BCUT2D eigenvalue weighted by atomic mass is 16.3. The Morgan fingerprint density at radius 1 is 1.18 bits per heavy atom. The van der Waals surface area contributed by atoms with Gasteiger partial charge in [0.2, 0.25) is 5.91 Å². The molecule has 0 saturated heterocycles. The number of furan rings is 1. The van der Waals surface area contributed by atoms with Crippen LogP contribution in [-0.2, 0) is 11.2 Å². The van der Waals surface area contributed by atoms with Crippen molar-refractivity contribution in [1.82, 2.24) is 4.90 Å². The quantitative estimate of drug-likeness (QED) is 0.842. The Morgan fingerprint density at radius 2 is 1.86 bits per heavy atom. The van der Waals surface area contributed by atoms with Crippen molar-refractivity contribution in [3.63, 3.8) is 0 Å². The molecule has 0 radical (unpaired) electrons.